The monoisotopic (exact) mass is 267 g/mol. The molecule has 0 amide bonds. The number of hydrogen-bond acceptors (Lipinski definition) is 2. The lowest BCUT2D eigenvalue weighted by Gasteiger charge is -2.17. The fourth-order valence-corrected chi connectivity index (χ4v) is 2.60. The molecule has 2 rings (SSSR count). The molecule has 3 heteroatoms. The number of nitrogens with one attached hydrogen (secondary N) is 1. The van der Waals surface area contributed by atoms with Gasteiger partial charge in [0.15, 0.2) is 0 Å². The molecule has 0 radical (unpaired) electrons. The molecule has 0 aliphatic heterocycles. The predicted molar refractivity (Wildman–Crippen MR) is 76.0 cm³/mol. The minimum atomic E-state index is 0.240. The molecule has 0 aromatic heterocycles. The maximum atomic E-state index is 5.94. The van der Waals surface area contributed by atoms with Gasteiger partial charge in [-0.1, -0.05) is 36.6 Å². The molecule has 1 fully saturated rings. The van der Waals surface area contributed by atoms with Crippen LogP contribution in [-0.2, 0) is 11.3 Å². The van der Waals surface area contributed by atoms with Crippen molar-refractivity contribution in [1.29, 1.82) is 0 Å². The second-order valence-electron chi connectivity index (χ2n) is 5.14. The van der Waals surface area contributed by atoms with E-state index in [0.29, 0.717) is 12.6 Å². The lowest BCUT2D eigenvalue weighted by Crippen LogP contribution is -2.33. The summed E-state index contributed by atoms with van der Waals surface area (Å²) >= 11 is 5.94. The van der Waals surface area contributed by atoms with Gasteiger partial charge in [-0.2, -0.15) is 0 Å². The molecule has 1 atom stereocenters. The number of halogens is 1. The maximum Gasteiger partial charge on any atom is 0.0721 e. The average Bonchev–Trinajstić information content (AvgIpc) is 2.87. The van der Waals surface area contributed by atoms with E-state index < -0.39 is 0 Å². The number of rotatable bonds is 6. The van der Waals surface area contributed by atoms with Crippen LogP contribution in [0.25, 0.3) is 0 Å². The Labute approximate surface area is 115 Å². The fourth-order valence-electron chi connectivity index (χ4n) is 2.39. The number of ether oxygens (including phenoxy) is 1. The van der Waals surface area contributed by atoms with Gasteiger partial charge in [-0.25, -0.2) is 0 Å². The quantitative estimate of drug-likeness (QED) is 0.847. The maximum absolute atomic E-state index is 5.94. The summed E-state index contributed by atoms with van der Waals surface area (Å²) in [6.45, 7) is 3.69. The van der Waals surface area contributed by atoms with E-state index in [1.165, 1.54) is 25.7 Å². The molecule has 0 saturated heterocycles. The summed E-state index contributed by atoms with van der Waals surface area (Å²) in [5.74, 6) is 0. The third-order valence-corrected chi connectivity index (χ3v) is 3.71. The van der Waals surface area contributed by atoms with Gasteiger partial charge >= 0.3 is 0 Å². The second kappa shape index (κ2) is 7.13. The van der Waals surface area contributed by atoms with Crippen molar-refractivity contribution in [3.63, 3.8) is 0 Å². The third kappa shape index (κ3) is 4.60. The minimum Gasteiger partial charge on any atom is -0.373 e. The van der Waals surface area contributed by atoms with Gasteiger partial charge in [0.25, 0.3) is 0 Å². The van der Waals surface area contributed by atoms with Crippen LogP contribution in [0.4, 0.5) is 0 Å². The molecule has 0 heterocycles. The zero-order valence-corrected chi connectivity index (χ0v) is 11.7. The summed E-state index contributed by atoms with van der Waals surface area (Å²) in [5.41, 5.74) is 1.13. The van der Waals surface area contributed by atoms with Crippen molar-refractivity contribution >= 4 is 11.6 Å². The van der Waals surface area contributed by atoms with Crippen LogP contribution in [0.5, 0.6) is 0 Å². The van der Waals surface area contributed by atoms with Gasteiger partial charge in [0.1, 0.15) is 0 Å². The molecule has 1 aromatic carbocycles. The lowest BCUT2D eigenvalue weighted by atomic mass is 10.2. The molecular formula is C15H22ClNO. The van der Waals surface area contributed by atoms with E-state index in [-0.39, 0.29) is 6.10 Å². The highest BCUT2D eigenvalue weighted by Crippen LogP contribution is 2.17. The summed E-state index contributed by atoms with van der Waals surface area (Å²) in [6.07, 6.45) is 5.62. The highest BCUT2D eigenvalue weighted by Gasteiger charge is 2.15. The first-order chi connectivity index (χ1) is 8.74. The van der Waals surface area contributed by atoms with Crippen LogP contribution in [0.1, 0.15) is 38.2 Å². The zero-order valence-electron chi connectivity index (χ0n) is 11.0. The standard InChI is InChI=1S/C15H22ClNO/c1-12(10-17-15-7-2-3-8-15)18-11-13-5-4-6-14(16)9-13/h4-6,9,12,15,17H,2-3,7-8,10-11H2,1H3. The summed E-state index contributed by atoms with van der Waals surface area (Å²) in [6, 6.07) is 8.56. The van der Waals surface area contributed by atoms with Crippen molar-refractivity contribution in [3.05, 3.63) is 34.9 Å². The van der Waals surface area contributed by atoms with Crippen LogP contribution in [0.2, 0.25) is 5.02 Å². The van der Waals surface area contributed by atoms with Gasteiger partial charge in [0, 0.05) is 17.6 Å². The van der Waals surface area contributed by atoms with Crippen molar-refractivity contribution in [1.82, 2.24) is 5.32 Å². The SMILES string of the molecule is CC(CNC1CCCC1)OCc1cccc(Cl)c1. The fraction of sp³-hybridized carbons (Fsp3) is 0.600. The Kier molecular flexibility index (Phi) is 5.48. The van der Waals surface area contributed by atoms with Crippen LogP contribution < -0.4 is 5.32 Å². The van der Waals surface area contributed by atoms with Crippen molar-refractivity contribution in [2.75, 3.05) is 6.54 Å². The smallest absolute Gasteiger partial charge is 0.0721 e. The van der Waals surface area contributed by atoms with Gasteiger partial charge in [-0.15, -0.1) is 0 Å². The van der Waals surface area contributed by atoms with Crippen LogP contribution in [0.15, 0.2) is 24.3 Å². The summed E-state index contributed by atoms with van der Waals surface area (Å²) < 4.78 is 5.82. The predicted octanol–water partition coefficient (Wildman–Crippen LogP) is 3.78. The summed E-state index contributed by atoms with van der Waals surface area (Å²) in [5, 5.41) is 4.35. The van der Waals surface area contributed by atoms with Gasteiger partial charge in [0.05, 0.1) is 12.7 Å². The Bertz CT molecular complexity index is 363. The summed E-state index contributed by atoms with van der Waals surface area (Å²) in [7, 11) is 0. The van der Waals surface area contributed by atoms with Crippen LogP contribution in [0, 0.1) is 0 Å². The molecule has 1 unspecified atom stereocenters. The first-order valence-electron chi connectivity index (χ1n) is 6.83. The molecule has 1 aromatic rings. The Morgan fingerprint density at radius 1 is 1.39 bits per heavy atom. The molecule has 1 N–H and O–H groups in total. The second-order valence-corrected chi connectivity index (χ2v) is 5.58. The van der Waals surface area contributed by atoms with Gasteiger partial charge in [-0.3, -0.25) is 0 Å². The Balaban J connectivity index is 1.66. The molecule has 1 saturated carbocycles. The van der Waals surface area contributed by atoms with Crippen molar-refractivity contribution in [3.8, 4) is 0 Å². The van der Waals surface area contributed by atoms with Gasteiger partial charge in [-0.05, 0) is 37.5 Å². The Morgan fingerprint density at radius 3 is 2.89 bits per heavy atom. The van der Waals surface area contributed by atoms with Gasteiger partial charge in [0.2, 0.25) is 0 Å². The molecule has 2 nitrogen and oxygen atoms in total. The number of hydrogen-bond donors (Lipinski definition) is 1. The van der Waals surface area contributed by atoms with E-state index in [1.54, 1.807) is 0 Å². The van der Waals surface area contributed by atoms with E-state index in [0.717, 1.165) is 17.1 Å². The van der Waals surface area contributed by atoms with E-state index in [1.807, 2.05) is 24.3 Å². The minimum absolute atomic E-state index is 0.240. The van der Waals surface area contributed by atoms with E-state index in [2.05, 4.69) is 12.2 Å². The van der Waals surface area contributed by atoms with E-state index in [4.69, 9.17) is 16.3 Å². The van der Waals surface area contributed by atoms with Crippen molar-refractivity contribution < 1.29 is 4.74 Å². The van der Waals surface area contributed by atoms with Crippen molar-refractivity contribution in [2.45, 2.75) is 51.4 Å². The largest absolute Gasteiger partial charge is 0.373 e. The topological polar surface area (TPSA) is 21.3 Å². The highest BCUT2D eigenvalue weighted by molar-refractivity contribution is 6.30. The average molecular weight is 268 g/mol. The molecule has 18 heavy (non-hydrogen) atoms. The molecule has 0 bridgehead atoms. The Hall–Kier alpha value is -0.570. The molecule has 100 valence electrons. The zero-order chi connectivity index (χ0) is 12.8. The highest BCUT2D eigenvalue weighted by atomic mass is 35.5. The van der Waals surface area contributed by atoms with Crippen LogP contribution in [0.3, 0.4) is 0 Å². The summed E-state index contributed by atoms with van der Waals surface area (Å²) in [4.78, 5) is 0. The van der Waals surface area contributed by atoms with E-state index in [9.17, 15) is 0 Å². The first-order valence-corrected chi connectivity index (χ1v) is 7.21. The van der Waals surface area contributed by atoms with Crippen LogP contribution in [-0.4, -0.2) is 18.7 Å². The molecule has 1 aliphatic carbocycles. The molecule has 1 aliphatic rings. The first kappa shape index (κ1) is 13.9. The lowest BCUT2D eigenvalue weighted by molar-refractivity contribution is 0.0514. The van der Waals surface area contributed by atoms with E-state index >= 15 is 0 Å². The normalized spacial score (nSPS) is 18.1. The molecular weight excluding hydrogens is 246 g/mol. The molecule has 0 spiro atoms. The van der Waals surface area contributed by atoms with Gasteiger partial charge < -0.3 is 10.1 Å². The van der Waals surface area contributed by atoms with Crippen LogP contribution >= 0.6 is 11.6 Å². The number of benzene rings is 1. The third-order valence-electron chi connectivity index (χ3n) is 3.47. The van der Waals surface area contributed by atoms with Crippen molar-refractivity contribution in [2.24, 2.45) is 0 Å². The Morgan fingerprint density at radius 2 is 2.17 bits per heavy atom.